The van der Waals surface area contributed by atoms with E-state index in [2.05, 4.69) is 43.4 Å². The van der Waals surface area contributed by atoms with Crippen LogP contribution in [0.25, 0.3) is 0 Å². The second kappa shape index (κ2) is 13.1. The zero-order valence-electron chi connectivity index (χ0n) is 17.0. The summed E-state index contributed by atoms with van der Waals surface area (Å²) in [7, 11) is 0. The van der Waals surface area contributed by atoms with Crippen molar-refractivity contribution in [2.24, 2.45) is 0 Å². The number of nitrogens with one attached hydrogen (secondary N) is 1. The maximum Gasteiger partial charge on any atom is 0.124 e. The molecule has 0 saturated carbocycles. The highest BCUT2D eigenvalue weighted by Gasteiger charge is 2.03. The first-order valence-electron chi connectivity index (χ1n) is 10.5. The lowest BCUT2D eigenvalue weighted by Crippen LogP contribution is -2.04. The van der Waals surface area contributed by atoms with Crippen LogP contribution in [0.2, 0.25) is 0 Å². The quantitative estimate of drug-likeness (QED) is 0.370. The summed E-state index contributed by atoms with van der Waals surface area (Å²) in [6.07, 6.45) is 8.54. The summed E-state index contributed by atoms with van der Waals surface area (Å²) in [5.74, 6) is 1.92. The van der Waals surface area contributed by atoms with Gasteiger partial charge < -0.3 is 14.8 Å². The summed E-state index contributed by atoms with van der Waals surface area (Å²) in [4.78, 5) is 0. The van der Waals surface area contributed by atoms with Gasteiger partial charge in [-0.2, -0.15) is 0 Å². The molecule has 0 aromatic heterocycles. The smallest absolute Gasteiger partial charge is 0.124 e. The molecule has 0 spiro atoms. The molecule has 0 bridgehead atoms. The first-order chi connectivity index (χ1) is 13.3. The molecule has 0 heterocycles. The Morgan fingerprint density at radius 2 is 1.41 bits per heavy atom. The lowest BCUT2D eigenvalue weighted by molar-refractivity contribution is 0.304. The van der Waals surface area contributed by atoms with Crippen LogP contribution in [0.5, 0.6) is 11.5 Å². The standard InChI is InChI=1S/C24H35NO2/c1-3-5-7-8-11-19-26-23-16-14-22(15-17-23)25-20-21-12-9-10-13-24(21)27-18-6-4-2/h9-10,12-17,25H,3-8,11,18-20H2,1-2H3. The molecule has 27 heavy (non-hydrogen) atoms. The van der Waals surface area contributed by atoms with Crippen LogP contribution in [-0.4, -0.2) is 13.2 Å². The second-order valence-corrected chi connectivity index (χ2v) is 6.95. The molecule has 0 aliphatic carbocycles. The molecule has 2 rings (SSSR count). The zero-order valence-corrected chi connectivity index (χ0v) is 17.0. The third-order valence-electron chi connectivity index (χ3n) is 4.58. The molecule has 3 nitrogen and oxygen atoms in total. The minimum absolute atomic E-state index is 0.750. The Morgan fingerprint density at radius 1 is 0.704 bits per heavy atom. The van der Waals surface area contributed by atoms with Gasteiger partial charge in [-0.05, 0) is 43.2 Å². The number of para-hydroxylation sites is 1. The summed E-state index contributed by atoms with van der Waals surface area (Å²) in [6, 6.07) is 16.5. The van der Waals surface area contributed by atoms with Crippen LogP contribution in [0.3, 0.4) is 0 Å². The van der Waals surface area contributed by atoms with Gasteiger partial charge in [-0.3, -0.25) is 0 Å². The monoisotopic (exact) mass is 369 g/mol. The zero-order chi connectivity index (χ0) is 19.2. The Kier molecular flexibility index (Phi) is 10.2. The van der Waals surface area contributed by atoms with Gasteiger partial charge in [0.1, 0.15) is 11.5 Å². The Bertz CT molecular complexity index is 625. The van der Waals surface area contributed by atoms with Crippen LogP contribution in [0.4, 0.5) is 5.69 Å². The molecule has 0 unspecified atom stereocenters. The van der Waals surface area contributed by atoms with E-state index in [1.54, 1.807) is 0 Å². The van der Waals surface area contributed by atoms with Crippen molar-refractivity contribution < 1.29 is 9.47 Å². The van der Waals surface area contributed by atoms with E-state index in [1.807, 2.05) is 24.3 Å². The number of anilines is 1. The topological polar surface area (TPSA) is 30.5 Å². The second-order valence-electron chi connectivity index (χ2n) is 6.95. The van der Waals surface area contributed by atoms with Crippen LogP contribution in [0.15, 0.2) is 48.5 Å². The number of unbranched alkanes of at least 4 members (excludes halogenated alkanes) is 5. The minimum Gasteiger partial charge on any atom is -0.494 e. The van der Waals surface area contributed by atoms with Crippen LogP contribution in [0, 0.1) is 0 Å². The Labute approximate surface area is 165 Å². The van der Waals surface area contributed by atoms with Crippen molar-refractivity contribution in [2.75, 3.05) is 18.5 Å². The highest BCUT2D eigenvalue weighted by Crippen LogP contribution is 2.21. The predicted octanol–water partition coefficient (Wildman–Crippen LogP) is 6.83. The number of hydrogen-bond acceptors (Lipinski definition) is 3. The van der Waals surface area contributed by atoms with Crippen molar-refractivity contribution in [1.82, 2.24) is 0 Å². The van der Waals surface area contributed by atoms with Gasteiger partial charge in [0, 0.05) is 17.8 Å². The molecule has 0 aliphatic heterocycles. The Morgan fingerprint density at radius 3 is 2.19 bits per heavy atom. The van der Waals surface area contributed by atoms with Crippen molar-refractivity contribution in [1.29, 1.82) is 0 Å². The van der Waals surface area contributed by atoms with E-state index in [-0.39, 0.29) is 0 Å². The maximum absolute atomic E-state index is 5.90. The average molecular weight is 370 g/mol. The summed E-state index contributed by atoms with van der Waals surface area (Å²) in [6.45, 7) is 6.75. The van der Waals surface area contributed by atoms with E-state index in [0.717, 1.165) is 56.2 Å². The largest absolute Gasteiger partial charge is 0.494 e. The predicted molar refractivity (Wildman–Crippen MR) is 115 cm³/mol. The normalized spacial score (nSPS) is 10.6. The third kappa shape index (κ3) is 8.38. The van der Waals surface area contributed by atoms with Gasteiger partial charge in [0.15, 0.2) is 0 Å². The molecule has 0 amide bonds. The first kappa shape index (κ1) is 21.1. The van der Waals surface area contributed by atoms with Crippen LogP contribution < -0.4 is 14.8 Å². The number of hydrogen-bond donors (Lipinski definition) is 1. The van der Waals surface area contributed by atoms with E-state index in [4.69, 9.17) is 9.47 Å². The molecule has 0 atom stereocenters. The van der Waals surface area contributed by atoms with Crippen LogP contribution in [-0.2, 0) is 6.54 Å². The van der Waals surface area contributed by atoms with E-state index in [0.29, 0.717) is 0 Å². The summed E-state index contributed by atoms with van der Waals surface area (Å²) < 4.78 is 11.7. The Hall–Kier alpha value is -2.16. The highest BCUT2D eigenvalue weighted by molar-refractivity contribution is 5.47. The molecular weight excluding hydrogens is 334 g/mol. The fourth-order valence-corrected chi connectivity index (χ4v) is 2.88. The van der Waals surface area contributed by atoms with Gasteiger partial charge in [0.05, 0.1) is 13.2 Å². The van der Waals surface area contributed by atoms with Crippen molar-refractivity contribution in [3.8, 4) is 11.5 Å². The molecule has 0 radical (unpaired) electrons. The van der Waals surface area contributed by atoms with Crippen LogP contribution in [0.1, 0.15) is 64.4 Å². The summed E-state index contributed by atoms with van der Waals surface area (Å²) in [5, 5.41) is 3.47. The van der Waals surface area contributed by atoms with E-state index < -0.39 is 0 Å². The van der Waals surface area contributed by atoms with Crippen molar-refractivity contribution in [3.63, 3.8) is 0 Å². The average Bonchev–Trinajstić information content (AvgIpc) is 2.71. The lowest BCUT2D eigenvalue weighted by Gasteiger charge is -2.13. The molecule has 0 fully saturated rings. The highest BCUT2D eigenvalue weighted by atomic mass is 16.5. The molecule has 2 aromatic rings. The molecule has 1 N–H and O–H groups in total. The lowest BCUT2D eigenvalue weighted by atomic mass is 10.2. The van der Waals surface area contributed by atoms with Crippen molar-refractivity contribution in [3.05, 3.63) is 54.1 Å². The number of benzene rings is 2. The fraction of sp³-hybridized carbons (Fsp3) is 0.500. The van der Waals surface area contributed by atoms with Gasteiger partial charge in [-0.15, -0.1) is 0 Å². The number of rotatable bonds is 14. The van der Waals surface area contributed by atoms with E-state index in [9.17, 15) is 0 Å². The van der Waals surface area contributed by atoms with Gasteiger partial charge in [-0.1, -0.05) is 64.2 Å². The van der Waals surface area contributed by atoms with Gasteiger partial charge >= 0.3 is 0 Å². The van der Waals surface area contributed by atoms with Gasteiger partial charge in [0.25, 0.3) is 0 Å². The molecular formula is C24H35NO2. The molecule has 0 aliphatic rings. The first-order valence-corrected chi connectivity index (χ1v) is 10.5. The van der Waals surface area contributed by atoms with E-state index >= 15 is 0 Å². The summed E-state index contributed by atoms with van der Waals surface area (Å²) in [5.41, 5.74) is 2.27. The number of ether oxygens (including phenoxy) is 2. The van der Waals surface area contributed by atoms with Gasteiger partial charge in [0.2, 0.25) is 0 Å². The molecule has 3 heteroatoms. The molecule has 0 saturated heterocycles. The molecule has 2 aromatic carbocycles. The molecule has 148 valence electrons. The van der Waals surface area contributed by atoms with Crippen molar-refractivity contribution >= 4 is 5.69 Å². The van der Waals surface area contributed by atoms with Crippen molar-refractivity contribution in [2.45, 2.75) is 65.3 Å². The summed E-state index contributed by atoms with van der Waals surface area (Å²) >= 11 is 0. The van der Waals surface area contributed by atoms with E-state index in [1.165, 1.54) is 31.2 Å². The fourth-order valence-electron chi connectivity index (χ4n) is 2.88. The minimum atomic E-state index is 0.750. The SMILES string of the molecule is CCCCCCCOc1ccc(NCc2ccccc2OCCCC)cc1. The third-order valence-corrected chi connectivity index (χ3v) is 4.58. The maximum atomic E-state index is 5.90. The van der Waals surface area contributed by atoms with Crippen LogP contribution >= 0.6 is 0 Å². The Balaban J connectivity index is 1.75. The van der Waals surface area contributed by atoms with Gasteiger partial charge in [-0.25, -0.2) is 0 Å².